The summed E-state index contributed by atoms with van der Waals surface area (Å²) in [7, 11) is 0. The number of nitrogens with two attached hydrogens (primary N) is 1. The second kappa shape index (κ2) is 4.92. The molecule has 0 spiro atoms. The van der Waals surface area contributed by atoms with E-state index < -0.39 is 0 Å². The van der Waals surface area contributed by atoms with Crippen LogP contribution >= 0.6 is 0 Å². The van der Waals surface area contributed by atoms with Crippen LogP contribution in [0, 0.1) is 20.8 Å². The fraction of sp³-hybridized carbons (Fsp3) is 0.647. The van der Waals surface area contributed by atoms with Crippen LogP contribution in [-0.2, 0) is 10.2 Å². The summed E-state index contributed by atoms with van der Waals surface area (Å²) in [4.78, 5) is 0. The molecule has 19 heavy (non-hydrogen) atoms. The minimum Gasteiger partial charge on any atom is -0.379 e. The third kappa shape index (κ3) is 3.01. The van der Waals surface area contributed by atoms with Gasteiger partial charge in [-0.25, -0.2) is 0 Å². The first kappa shape index (κ1) is 14.5. The van der Waals surface area contributed by atoms with Crippen LogP contribution in [0.1, 0.15) is 48.9 Å². The Kier molecular flexibility index (Phi) is 3.76. The van der Waals surface area contributed by atoms with Crippen molar-refractivity contribution in [2.24, 2.45) is 5.73 Å². The van der Waals surface area contributed by atoms with E-state index in [1.807, 2.05) is 0 Å². The lowest BCUT2D eigenvalue weighted by atomic mass is 9.71. The van der Waals surface area contributed by atoms with Gasteiger partial charge in [0.2, 0.25) is 0 Å². The van der Waals surface area contributed by atoms with Gasteiger partial charge in [0.15, 0.2) is 0 Å². The van der Waals surface area contributed by atoms with Crippen molar-refractivity contribution in [2.75, 3.05) is 13.2 Å². The molecule has 0 radical (unpaired) electrons. The van der Waals surface area contributed by atoms with Gasteiger partial charge in [0.25, 0.3) is 0 Å². The fourth-order valence-corrected chi connectivity index (χ4v) is 2.88. The summed E-state index contributed by atoms with van der Waals surface area (Å²) in [6.45, 7) is 12.5. The zero-order valence-electron chi connectivity index (χ0n) is 13.0. The Bertz CT molecular complexity index is 467. The molecule has 2 nitrogen and oxygen atoms in total. The van der Waals surface area contributed by atoms with Gasteiger partial charge in [-0.15, -0.1) is 0 Å². The van der Waals surface area contributed by atoms with Gasteiger partial charge in [-0.1, -0.05) is 12.1 Å². The van der Waals surface area contributed by atoms with Crippen LogP contribution in [0.25, 0.3) is 0 Å². The summed E-state index contributed by atoms with van der Waals surface area (Å²) in [5, 5.41) is 0. The molecule has 2 rings (SSSR count). The molecule has 1 aromatic rings. The third-order valence-electron chi connectivity index (χ3n) is 4.42. The highest BCUT2D eigenvalue weighted by molar-refractivity contribution is 5.42. The van der Waals surface area contributed by atoms with E-state index in [1.54, 1.807) is 0 Å². The van der Waals surface area contributed by atoms with Gasteiger partial charge in [-0.05, 0) is 69.7 Å². The predicted molar refractivity (Wildman–Crippen MR) is 80.7 cm³/mol. The quantitative estimate of drug-likeness (QED) is 0.901. The molecule has 1 aliphatic rings. The molecule has 0 saturated carbocycles. The molecule has 1 saturated heterocycles. The molecule has 1 fully saturated rings. The second-order valence-corrected chi connectivity index (χ2v) is 7.01. The highest BCUT2D eigenvalue weighted by Crippen LogP contribution is 2.40. The molecular formula is C17H27NO. The molecule has 0 amide bonds. The van der Waals surface area contributed by atoms with Crippen LogP contribution in [0.15, 0.2) is 12.1 Å². The van der Waals surface area contributed by atoms with Gasteiger partial charge in [0.1, 0.15) is 0 Å². The maximum absolute atomic E-state index is 6.15. The number of aryl methyl sites for hydroxylation is 3. The second-order valence-electron chi connectivity index (χ2n) is 7.01. The first-order valence-corrected chi connectivity index (χ1v) is 7.18. The Morgan fingerprint density at radius 1 is 1.11 bits per heavy atom. The summed E-state index contributed by atoms with van der Waals surface area (Å²) in [5.74, 6) is 0. The fourth-order valence-electron chi connectivity index (χ4n) is 2.88. The average molecular weight is 261 g/mol. The Labute approximate surface area is 117 Å². The first-order chi connectivity index (χ1) is 8.73. The zero-order valence-corrected chi connectivity index (χ0v) is 13.0. The van der Waals surface area contributed by atoms with Crippen LogP contribution in [-0.4, -0.2) is 18.8 Å². The lowest BCUT2D eigenvalue weighted by molar-refractivity contribution is -0.0672. The molecular weight excluding hydrogens is 234 g/mol. The maximum Gasteiger partial charge on any atom is 0.0585 e. The van der Waals surface area contributed by atoms with E-state index in [2.05, 4.69) is 46.8 Å². The third-order valence-corrected chi connectivity index (χ3v) is 4.42. The van der Waals surface area contributed by atoms with Crippen molar-refractivity contribution in [3.05, 3.63) is 34.4 Å². The molecule has 0 unspecified atom stereocenters. The SMILES string of the molecule is Cc1cc(C)c(C2(CCC(C)(C)N)COC2)cc1C. The van der Waals surface area contributed by atoms with Crippen molar-refractivity contribution >= 4 is 0 Å². The molecule has 0 aromatic heterocycles. The summed E-state index contributed by atoms with van der Waals surface area (Å²) in [6, 6.07) is 4.66. The zero-order chi connectivity index (χ0) is 14.3. The smallest absolute Gasteiger partial charge is 0.0585 e. The van der Waals surface area contributed by atoms with Crippen LogP contribution in [0.2, 0.25) is 0 Å². The molecule has 1 aromatic carbocycles. The lowest BCUT2D eigenvalue weighted by Gasteiger charge is -2.44. The van der Waals surface area contributed by atoms with Gasteiger partial charge in [0, 0.05) is 11.0 Å². The van der Waals surface area contributed by atoms with Crippen molar-refractivity contribution in [2.45, 2.75) is 58.4 Å². The Morgan fingerprint density at radius 3 is 2.16 bits per heavy atom. The molecule has 0 aliphatic carbocycles. The Morgan fingerprint density at radius 2 is 1.68 bits per heavy atom. The normalized spacial score (nSPS) is 18.2. The van der Waals surface area contributed by atoms with Crippen molar-refractivity contribution in [3.8, 4) is 0 Å². The lowest BCUT2D eigenvalue weighted by Crippen LogP contribution is -2.49. The van der Waals surface area contributed by atoms with Crippen LogP contribution in [0.5, 0.6) is 0 Å². The van der Waals surface area contributed by atoms with Crippen molar-refractivity contribution in [1.29, 1.82) is 0 Å². The standard InChI is InChI=1S/C17H27NO/c1-12-8-14(3)15(9-13(12)2)17(10-19-11-17)7-6-16(4,5)18/h8-9H,6-7,10-11,18H2,1-5H3. The number of hydrogen-bond acceptors (Lipinski definition) is 2. The van der Waals surface area contributed by atoms with Crippen molar-refractivity contribution < 1.29 is 4.74 Å². The summed E-state index contributed by atoms with van der Waals surface area (Å²) in [6.07, 6.45) is 2.14. The van der Waals surface area contributed by atoms with Gasteiger partial charge < -0.3 is 10.5 Å². The number of ether oxygens (including phenoxy) is 1. The average Bonchev–Trinajstić information content (AvgIpc) is 2.22. The van der Waals surface area contributed by atoms with E-state index in [1.165, 1.54) is 22.3 Å². The molecule has 0 atom stereocenters. The molecule has 1 heterocycles. The van der Waals surface area contributed by atoms with E-state index >= 15 is 0 Å². The first-order valence-electron chi connectivity index (χ1n) is 7.18. The Hall–Kier alpha value is -0.860. The minimum absolute atomic E-state index is 0.101. The number of rotatable bonds is 4. The summed E-state index contributed by atoms with van der Waals surface area (Å²) < 4.78 is 5.54. The van der Waals surface area contributed by atoms with Gasteiger partial charge in [-0.2, -0.15) is 0 Å². The van der Waals surface area contributed by atoms with E-state index in [4.69, 9.17) is 10.5 Å². The molecule has 0 bridgehead atoms. The monoisotopic (exact) mass is 261 g/mol. The highest BCUT2D eigenvalue weighted by Gasteiger charge is 2.41. The summed E-state index contributed by atoms with van der Waals surface area (Å²) in [5.41, 5.74) is 11.8. The largest absolute Gasteiger partial charge is 0.379 e. The van der Waals surface area contributed by atoms with E-state index in [-0.39, 0.29) is 11.0 Å². The summed E-state index contributed by atoms with van der Waals surface area (Å²) >= 11 is 0. The predicted octanol–water partition coefficient (Wildman–Crippen LogP) is 3.40. The highest BCUT2D eigenvalue weighted by atomic mass is 16.5. The van der Waals surface area contributed by atoms with Crippen LogP contribution in [0.3, 0.4) is 0 Å². The van der Waals surface area contributed by atoms with E-state index in [0.29, 0.717) is 0 Å². The minimum atomic E-state index is -0.101. The van der Waals surface area contributed by atoms with Gasteiger partial charge in [-0.3, -0.25) is 0 Å². The van der Waals surface area contributed by atoms with E-state index in [0.717, 1.165) is 26.1 Å². The number of hydrogen-bond donors (Lipinski definition) is 1. The Balaban J connectivity index is 2.29. The van der Waals surface area contributed by atoms with E-state index in [9.17, 15) is 0 Å². The van der Waals surface area contributed by atoms with Crippen molar-refractivity contribution in [3.63, 3.8) is 0 Å². The van der Waals surface area contributed by atoms with Crippen LogP contribution < -0.4 is 5.73 Å². The molecule has 106 valence electrons. The number of benzene rings is 1. The molecule has 1 aliphatic heterocycles. The van der Waals surface area contributed by atoms with Gasteiger partial charge in [0.05, 0.1) is 13.2 Å². The van der Waals surface area contributed by atoms with Crippen molar-refractivity contribution in [1.82, 2.24) is 0 Å². The molecule has 2 heteroatoms. The van der Waals surface area contributed by atoms with Crippen LogP contribution in [0.4, 0.5) is 0 Å². The maximum atomic E-state index is 6.15. The van der Waals surface area contributed by atoms with Gasteiger partial charge >= 0.3 is 0 Å². The molecule has 2 N–H and O–H groups in total. The topological polar surface area (TPSA) is 35.2 Å².